The van der Waals surface area contributed by atoms with Gasteiger partial charge in [0.05, 0.1) is 12.7 Å². The maximum Gasteiger partial charge on any atom is 0.317 e. The fourth-order valence-corrected chi connectivity index (χ4v) is 3.66. The maximum absolute atomic E-state index is 13.5. The summed E-state index contributed by atoms with van der Waals surface area (Å²) in [6.07, 6.45) is 5.33. The molecule has 6 heteroatoms. The van der Waals surface area contributed by atoms with Gasteiger partial charge in [0.25, 0.3) is 0 Å². The van der Waals surface area contributed by atoms with E-state index in [0.29, 0.717) is 32.6 Å². The average Bonchev–Trinajstić information content (AvgIpc) is 3.22. The number of alkyl halides is 1. The second-order valence-corrected chi connectivity index (χ2v) is 6.80. The zero-order valence-corrected chi connectivity index (χ0v) is 13.8. The van der Waals surface area contributed by atoms with E-state index < -0.39 is 12.1 Å². The van der Waals surface area contributed by atoms with E-state index in [0.717, 1.165) is 25.1 Å². The number of carbonyl (C=O) groups is 1. The first-order valence-electron chi connectivity index (χ1n) is 8.45. The van der Waals surface area contributed by atoms with Gasteiger partial charge in [-0.05, 0) is 37.8 Å². The Labute approximate surface area is 136 Å². The van der Waals surface area contributed by atoms with Crippen LogP contribution in [0.2, 0.25) is 0 Å². The first-order valence-corrected chi connectivity index (χ1v) is 8.45. The number of nitrogens with zero attached hydrogens (tertiary/aromatic N) is 2. The van der Waals surface area contributed by atoms with Crippen molar-refractivity contribution in [3.05, 3.63) is 24.0 Å². The van der Waals surface area contributed by atoms with Gasteiger partial charge < -0.3 is 19.5 Å². The molecule has 1 aromatic heterocycles. The molecule has 0 bridgehead atoms. The normalized spacial score (nSPS) is 23.9. The van der Waals surface area contributed by atoms with Gasteiger partial charge in [0, 0.05) is 50.7 Å². The van der Waals surface area contributed by atoms with Crippen molar-refractivity contribution in [1.29, 1.82) is 0 Å². The summed E-state index contributed by atoms with van der Waals surface area (Å²) in [5.41, 5.74) is 0.706. The molecule has 3 rings (SSSR count). The third kappa shape index (κ3) is 3.37. The fraction of sp³-hybridized carbons (Fsp3) is 0.706. The summed E-state index contributed by atoms with van der Waals surface area (Å²) in [6.45, 7) is 1.90. The van der Waals surface area contributed by atoms with Crippen LogP contribution in [-0.4, -0.2) is 48.5 Å². The molecular weight excluding hydrogens is 297 g/mol. The number of halogens is 1. The molecule has 23 heavy (non-hydrogen) atoms. The molecule has 128 valence electrons. The number of ether oxygens (including phenoxy) is 1. The molecule has 2 aliphatic rings. The summed E-state index contributed by atoms with van der Waals surface area (Å²) in [5.74, 6) is 0. The molecule has 2 amide bonds. The fourth-order valence-electron chi connectivity index (χ4n) is 3.66. The van der Waals surface area contributed by atoms with Crippen molar-refractivity contribution in [3.63, 3.8) is 0 Å². The topological polar surface area (TPSA) is 46.5 Å². The number of carbonyl (C=O) groups excluding carboxylic acids is 1. The monoisotopic (exact) mass is 323 g/mol. The summed E-state index contributed by atoms with van der Waals surface area (Å²) >= 11 is 0. The lowest BCUT2D eigenvalue weighted by Crippen LogP contribution is -2.47. The van der Waals surface area contributed by atoms with Crippen LogP contribution in [0.15, 0.2) is 18.3 Å². The van der Waals surface area contributed by atoms with E-state index in [1.165, 1.54) is 0 Å². The van der Waals surface area contributed by atoms with E-state index in [9.17, 15) is 9.18 Å². The van der Waals surface area contributed by atoms with Gasteiger partial charge in [-0.25, -0.2) is 4.79 Å². The number of urea groups is 1. The first kappa shape index (κ1) is 16.3. The van der Waals surface area contributed by atoms with Crippen LogP contribution in [0.3, 0.4) is 0 Å². The third-order valence-electron chi connectivity index (χ3n) is 5.29. The summed E-state index contributed by atoms with van der Waals surface area (Å²) in [6, 6.07) is 4.11. The van der Waals surface area contributed by atoms with E-state index in [2.05, 4.69) is 16.0 Å². The van der Waals surface area contributed by atoms with Crippen LogP contribution in [0.5, 0.6) is 0 Å². The number of rotatable bonds is 4. The zero-order chi connectivity index (χ0) is 16.3. The van der Waals surface area contributed by atoms with E-state index in [-0.39, 0.29) is 12.1 Å². The molecule has 1 atom stereocenters. The van der Waals surface area contributed by atoms with Crippen LogP contribution in [0.25, 0.3) is 0 Å². The molecule has 2 aliphatic heterocycles. The number of hydrogen-bond acceptors (Lipinski definition) is 2. The first-order chi connectivity index (χ1) is 11.2. The summed E-state index contributed by atoms with van der Waals surface area (Å²) in [4.78, 5) is 14.5. The van der Waals surface area contributed by atoms with Gasteiger partial charge in [0.2, 0.25) is 0 Å². The minimum Gasteiger partial charge on any atom is -0.381 e. The second kappa shape index (κ2) is 6.91. The number of amides is 2. The second-order valence-electron chi connectivity index (χ2n) is 6.80. The van der Waals surface area contributed by atoms with Crippen LogP contribution in [0, 0.1) is 5.41 Å². The van der Waals surface area contributed by atoms with Gasteiger partial charge in [-0.2, -0.15) is 0 Å². The summed E-state index contributed by atoms with van der Waals surface area (Å²) in [7, 11) is 2.00. The number of hydrogen-bond donors (Lipinski definition) is 1. The highest BCUT2D eigenvalue weighted by Gasteiger charge is 2.36. The average molecular weight is 323 g/mol. The molecule has 1 aromatic rings. The zero-order valence-electron chi connectivity index (χ0n) is 13.8. The predicted octanol–water partition coefficient (Wildman–Crippen LogP) is 2.64. The smallest absolute Gasteiger partial charge is 0.317 e. The van der Waals surface area contributed by atoms with Crippen LogP contribution in [0.1, 0.15) is 37.4 Å². The highest BCUT2D eigenvalue weighted by Crippen LogP contribution is 2.33. The molecule has 1 N–H and O–H groups in total. The molecule has 0 spiro atoms. The SMILES string of the molecule is Cn1cccc1C1CCCN1C(=O)NCC1(CF)CCOCC1. The Hall–Kier alpha value is -1.56. The molecule has 2 saturated heterocycles. The van der Waals surface area contributed by atoms with Crippen molar-refractivity contribution < 1.29 is 13.9 Å². The number of aryl methyl sites for hydroxylation is 1. The van der Waals surface area contributed by atoms with E-state index in [1.54, 1.807) is 0 Å². The predicted molar refractivity (Wildman–Crippen MR) is 86.0 cm³/mol. The van der Waals surface area contributed by atoms with Crippen molar-refractivity contribution in [2.24, 2.45) is 12.5 Å². The van der Waals surface area contributed by atoms with Crippen LogP contribution < -0.4 is 5.32 Å². The Morgan fingerprint density at radius 2 is 2.26 bits per heavy atom. The minimum absolute atomic E-state index is 0.0759. The molecule has 1 unspecified atom stereocenters. The van der Waals surface area contributed by atoms with E-state index in [4.69, 9.17) is 4.74 Å². The standard InChI is InChI=1S/C17H26FN3O2/c1-20-8-2-4-14(20)15-5-3-9-21(15)16(22)19-13-17(12-18)6-10-23-11-7-17/h2,4,8,15H,3,5-7,9-13H2,1H3,(H,19,22). The van der Waals surface area contributed by atoms with E-state index in [1.807, 2.05) is 24.2 Å². The Balaban J connectivity index is 1.62. The summed E-state index contributed by atoms with van der Waals surface area (Å²) in [5, 5.41) is 2.98. The van der Waals surface area contributed by atoms with Crippen molar-refractivity contribution in [1.82, 2.24) is 14.8 Å². The lowest BCUT2D eigenvalue weighted by atomic mass is 9.81. The maximum atomic E-state index is 13.5. The van der Waals surface area contributed by atoms with Gasteiger partial charge in [-0.15, -0.1) is 0 Å². The third-order valence-corrected chi connectivity index (χ3v) is 5.29. The highest BCUT2D eigenvalue weighted by molar-refractivity contribution is 5.75. The number of nitrogens with one attached hydrogen (secondary N) is 1. The Bertz CT molecular complexity index is 540. The molecule has 5 nitrogen and oxygen atoms in total. The lowest BCUT2D eigenvalue weighted by Gasteiger charge is -2.35. The Kier molecular flexibility index (Phi) is 4.90. The van der Waals surface area contributed by atoms with Crippen molar-refractivity contribution in [2.45, 2.75) is 31.7 Å². The van der Waals surface area contributed by atoms with Crippen molar-refractivity contribution in [3.8, 4) is 0 Å². The van der Waals surface area contributed by atoms with Crippen molar-refractivity contribution >= 4 is 6.03 Å². The van der Waals surface area contributed by atoms with Gasteiger partial charge in [-0.3, -0.25) is 4.39 Å². The number of aromatic nitrogens is 1. The molecule has 0 aliphatic carbocycles. The molecule has 0 aromatic carbocycles. The van der Waals surface area contributed by atoms with Crippen molar-refractivity contribution in [2.75, 3.05) is 33.0 Å². The minimum atomic E-state index is -0.450. The molecule has 0 saturated carbocycles. The molecule has 0 radical (unpaired) electrons. The number of likely N-dealkylation sites (tertiary alicyclic amines) is 1. The lowest BCUT2D eigenvalue weighted by molar-refractivity contribution is 0.00301. The van der Waals surface area contributed by atoms with Crippen LogP contribution >= 0.6 is 0 Å². The quantitative estimate of drug-likeness (QED) is 0.926. The van der Waals surface area contributed by atoms with Gasteiger partial charge in [0.1, 0.15) is 0 Å². The van der Waals surface area contributed by atoms with E-state index >= 15 is 0 Å². The van der Waals surface area contributed by atoms with Gasteiger partial charge in [0.15, 0.2) is 0 Å². The highest BCUT2D eigenvalue weighted by atomic mass is 19.1. The molecule has 3 heterocycles. The molecular formula is C17H26FN3O2. The van der Waals surface area contributed by atoms with Gasteiger partial charge >= 0.3 is 6.03 Å². The molecule has 2 fully saturated rings. The Morgan fingerprint density at radius 1 is 1.48 bits per heavy atom. The largest absolute Gasteiger partial charge is 0.381 e. The summed E-state index contributed by atoms with van der Waals surface area (Å²) < 4.78 is 20.9. The van der Waals surface area contributed by atoms with Gasteiger partial charge in [-0.1, -0.05) is 0 Å². The Morgan fingerprint density at radius 3 is 2.91 bits per heavy atom. The van der Waals surface area contributed by atoms with Crippen LogP contribution in [-0.2, 0) is 11.8 Å². The van der Waals surface area contributed by atoms with Crippen LogP contribution in [0.4, 0.5) is 9.18 Å².